The highest BCUT2D eigenvalue weighted by atomic mass is 35.5. The van der Waals surface area contributed by atoms with Gasteiger partial charge in [-0.05, 0) is 36.4 Å². The molecular formula is C20H19ClN6O. The van der Waals surface area contributed by atoms with Crippen LogP contribution in [0.5, 0.6) is 0 Å². The molecule has 1 aromatic carbocycles. The zero-order chi connectivity index (χ0) is 19.3. The molecule has 0 spiro atoms. The fourth-order valence-corrected chi connectivity index (χ4v) is 3.26. The molecule has 7 nitrogen and oxygen atoms in total. The van der Waals surface area contributed by atoms with E-state index in [1.165, 1.54) is 0 Å². The van der Waals surface area contributed by atoms with Crippen molar-refractivity contribution in [3.8, 4) is 0 Å². The van der Waals surface area contributed by atoms with Gasteiger partial charge in [-0.25, -0.2) is 15.0 Å². The molecule has 0 saturated carbocycles. The first-order valence-electron chi connectivity index (χ1n) is 9.00. The summed E-state index contributed by atoms with van der Waals surface area (Å²) in [6.45, 7) is 3.16. The number of aromatic nitrogens is 3. The molecule has 0 unspecified atom stereocenters. The van der Waals surface area contributed by atoms with Gasteiger partial charge in [-0.3, -0.25) is 4.79 Å². The van der Waals surface area contributed by atoms with E-state index in [0.29, 0.717) is 22.4 Å². The number of hydrogen-bond donors (Lipinski definition) is 1. The number of anilines is 3. The standard InChI is InChI=1S/C20H19ClN6O/c21-15-4-3-5-16(14-15)24-19(28)17-7-9-23-20(25-17)27-12-10-26(11-13-27)18-6-1-2-8-22-18/h1-9,14H,10-13H2,(H,24,28). The van der Waals surface area contributed by atoms with Gasteiger partial charge in [0, 0.05) is 49.3 Å². The number of benzene rings is 1. The lowest BCUT2D eigenvalue weighted by Gasteiger charge is -2.35. The van der Waals surface area contributed by atoms with Crippen molar-refractivity contribution >= 4 is 35.0 Å². The molecule has 1 aliphatic heterocycles. The Morgan fingerprint density at radius 2 is 1.75 bits per heavy atom. The van der Waals surface area contributed by atoms with Gasteiger partial charge >= 0.3 is 0 Å². The zero-order valence-electron chi connectivity index (χ0n) is 15.1. The molecule has 0 atom stereocenters. The van der Waals surface area contributed by atoms with Gasteiger partial charge in [-0.15, -0.1) is 0 Å². The Bertz CT molecular complexity index is 960. The van der Waals surface area contributed by atoms with Crippen molar-refractivity contribution in [2.24, 2.45) is 0 Å². The van der Waals surface area contributed by atoms with Gasteiger partial charge in [0.25, 0.3) is 5.91 Å². The van der Waals surface area contributed by atoms with Crippen LogP contribution in [0, 0.1) is 0 Å². The van der Waals surface area contributed by atoms with Crippen LogP contribution in [0.1, 0.15) is 10.5 Å². The summed E-state index contributed by atoms with van der Waals surface area (Å²) in [7, 11) is 0. The molecule has 3 aromatic rings. The maximum Gasteiger partial charge on any atom is 0.274 e. The first kappa shape index (κ1) is 18.2. The minimum atomic E-state index is -0.293. The molecule has 0 radical (unpaired) electrons. The van der Waals surface area contributed by atoms with E-state index in [1.807, 2.05) is 18.2 Å². The van der Waals surface area contributed by atoms with Crippen LogP contribution in [0.3, 0.4) is 0 Å². The molecule has 28 heavy (non-hydrogen) atoms. The van der Waals surface area contributed by atoms with Crippen molar-refractivity contribution in [1.82, 2.24) is 15.0 Å². The fraction of sp³-hybridized carbons (Fsp3) is 0.200. The Hall–Kier alpha value is -3.19. The number of hydrogen-bond acceptors (Lipinski definition) is 6. The lowest BCUT2D eigenvalue weighted by atomic mass is 10.3. The van der Waals surface area contributed by atoms with Crippen LogP contribution in [0.15, 0.2) is 60.9 Å². The van der Waals surface area contributed by atoms with E-state index in [4.69, 9.17) is 11.6 Å². The average molecular weight is 395 g/mol. The van der Waals surface area contributed by atoms with Crippen molar-refractivity contribution in [2.45, 2.75) is 0 Å². The third-order valence-corrected chi connectivity index (χ3v) is 4.73. The highest BCUT2D eigenvalue weighted by molar-refractivity contribution is 6.30. The maximum absolute atomic E-state index is 12.5. The summed E-state index contributed by atoms with van der Waals surface area (Å²) in [5.74, 6) is 1.23. The summed E-state index contributed by atoms with van der Waals surface area (Å²) in [6, 6.07) is 14.5. The van der Waals surface area contributed by atoms with E-state index >= 15 is 0 Å². The van der Waals surface area contributed by atoms with Crippen molar-refractivity contribution in [3.63, 3.8) is 0 Å². The van der Waals surface area contributed by atoms with Gasteiger partial charge in [0.05, 0.1) is 0 Å². The Kier molecular flexibility index (Phi) is 5.34. The molecule has 8 heteroatoms. The molecular weight excluding hydrogens is 376 g/mol. The topological polar surface area (TPSA) is 74.2 Å². The second-order valence-corrected chi connectivity index (χ2v) is 6.80. The number of nitrogens with one attached hydrogen (secondary N) is 1. The van der Waals surface area contributed by atoms with Crippen molar-refractivity contribution < 1.29 is 4.79 Å². The lowest BCUT2D eigenvalue weighted by Crippen LogP contribution is -2.47. The fourth-order valence-electron chi connectivity index (χ4n) is 3.06. The third-order valence-electron chi connectivity index (χ3n) is 4.49. The zero-order valence-corrected chi connectivity index (χ0v) is 15.9. The first-order chi connectivity index (χ1) is 13.7. The quantitative estimate of drug-likeness (QED) is 0.733. The summed E-state index contributed by atoms with van der Waals surface area (Å²) in [6.07, 6.45) is 3.41. The first-order valence-corrected chi connectivity index (χ1v) is 9.38. The molecule has 1 saturated heterocycles. The van der Waals surface area contributed by atoms with E-state index in [-0.39, 0.29) is 5.91 Å². The van der Waals surface area contributed by atoms with E-state index < -0.39 is 0 Å². The number of piperazine rings is 1. The van der Waals surface area contributed by atoms with Gasteiger partial charge in [0.15, 0.2) is 0 Å². The van der Waals surface area contributed by atoms with Gasteiger partial charge < -0.3 is 15.1 Å². The molecule has 0 aliphatic carbocycles. The van der Waals surface area contributed by atoms with E-state index in [1.54, 1.807) is 42.7 Å². The second-order valence-electron chi connectivity index (χ2n) is 6.37. The number of pyridine rings is 1. The smallest absolute Gasteiger partial charge is 0.274 e. The SMILES string of the molecule is O=C(Nc1cccc(Cl)c1)c1ccnc(N2CCN(c3ccccn3)CC2)n1. The molecule has 0 bridgehead atoms. The Balaban J connectivity index is 1.42. The summed E-state index contributed by atoms with van der Waals surface area (Å²) >= 11 is 5.97. The third kappa shape index (κ3) is 4.20. The molecule has 142 valence electrons. The molecule has 1 N–H and O–H groups in total. The highest BCUT2D eigenvalue weighted by Gasteiger charge is 2.21. The van der Waals surface area contributed by atoms with E-state index in [2.05, 4.69) is 30.1 Å². The number of carbonyl (C=O) groups is 1. The van der Waals surface area contributed by atoms with Crippen LogP contribution in [0.4, 0.5) is 17.5 Å². The van der Waals surface area contributed by atoms with Crippen LogP contribution in [0.2, 0.25) is 5.02 Å². The number of amides is 1. The molecule has 4 rings (SSSR count). The summed E-state index contributed by atoms with van der Waals surface area (Å²) in [5.41, 5.74) is 0.943. The minimum Gasteiger partial charge on any atom is -0.353 e. The van der Waals surface area contributed by atoms with Crippen LogP contribution < -0.4 is 15.1 Å². The lowest BCUT2D eigenvalue weighted by molar-refractivity contribution is 0.102. The average Bonchev–Trinajstić information content (AvgIpc) is 2.75. The largest absolute Gasteiger partial charge is 0.353 e. The monoisotopic (exact) mass is 394 g/mol. The number of nitrogens with zero attached hydrogens (tertiary/aromatic N) is 5. The minimum absolute atomic E-state index is 0.293. The Morgan fingerprint density at radius 1 is 0.929 bits per heavy atom. The Morgan fingerprint density at radius 3 is 2.50 bits per heavy atom. The number of carbonyl (C=O) groups excluding carboxylic acids is 1. The second kappa shape index (κ2) is 8.22. The van der Waals surface area contributed by atoms with Gasteiger partial charge in [0.1, 0.15) is 11.5 Å². The van der Waals surface area contributed by atoms with E-state index in [0.717, 1.165) is 32.0 Å². The van der Waals surface area contributed by atoms with Crippen LogP contribution in [-0.2, 0) is 0 Å². The normalized spacial score (nSPS) is 14.0. The predicted molar refractivity (Wildman–Crippen MR) is 110 cm³/mol. The molecule has 2 aromatic heterocycles. The van der Waals surface area contributed by atoms with Gasteiger partial charge in [0.2, 0.25) is 5.95 Å². The van der Waals surface area contributed by atoms with E-state index in [9.17, 15) is 4.79 Å². The predicted octanol–water partition coefficient (Wildman–Crippen LogP) is 3.10. The summed E-state index contributed by atoms with van der Waals surface area (Å²) in [4.78, 5) is 30.0. The molecule has 1 amide bonds. The van der Waals surface area contributed by atoms with Gasteiger partial charge in [-0.2, -0.15) is 0 Å². The van der Waals surface area contributed by atoms with Crippen LogP contribution in [0.25, 0.3) is 0 Å². The summed E-state index contributed by atoms with van der Waals surface area (Å²) < 4.78 is 0. The maximum atomic E-state index is 12.5. The van der Waals surface area contributed by atoms with Crippen molar-refractivity contribution in [1.29, 1.82) is 0 Å². The van der Waals surface area contributed by atoms with Crippen LogP contribution >= 0.6 is 11.6 Å². The molecule has 1 aliphatic rings. The Labute approximate surface area is 168 Å². The molecule has 3 heterocycles. The van der Waals surface area contributed by atoms with Gasteiger partial charge in [-0.1, -0.05) is 23.7 Å². The highest BCUT2D eigenvalue weighted by Crippen LogP contribution is 2.18. The van der Waals surface area contributed by atoms with Crippen molar-refractivity contribution in [2.75, 3.05) is 41.3 Å². The number of halogens is 1. The molecule has 1 fully saturated rings. The van der Waals surface area contributed by atoms with Crippen LogP contribution in [-0.4, -0.2) is 47.0 Å². The summed E-state index contributed by atoms with van der Waals surface area (Å²) in [5, 5.41) is 3.37. The number of rotatable bonds is 4. The van der Waals surface area contributed by atoms with Crippen molar-refractivity contribution in [3.05, 3.63) is 71.6 Å².